The van der Waals surface area contributed by atoms with Gasteiger partial charge in [0, 0.05) is 24.1 Å². The molecule has 1 aliphatic carbocycles. The minimum atomic E-state index is 0.746. The van der Waals surface area contributed by atoms with Crippen LogP contribution in [0.4, 0.5) is 5.13 Å². The fraction of sp³-hybridized carbons (Fsp3) is 0.833. The number of hydrogen-bond acceptors (Lipinski definition) is 4. The Morgan fingerprint density at radius 3 is 2.88 bits per heavy atom. The molecule has 3 unspecified atom stereocenters. The van der Waals surface area contributed by atoms with Crippen molar-refractivity contribution in [1.29, 1.82) is 0 Å². The summed E-state index contributed by atoms with van der Waals surface area (Å²) < 4.78 is 4.31. The van der Waals surface area contributed by atoms with E-state index in [-0.39, 0.29) is 0 Å². The molecule has 2 heterocycles. The second-order valence-electron chi connectivity index (χ2n) is 5.27. The molecule has 1 aliphatic heterocycles. The quantitative estimate of drug-likeness (QED) is 0.752. The van der Waals surface area contributed by atoms with E-state index >= 15 is 0 Å². The molecule has 1 aromatic rings. The summed E-state index contributed by atoms with van der Waals surface area (Å²) in [4.78, 5) is 7.08. The first-order valence-electron chi connectivity index (χ1n) is 6.32. The van der Waals surface area contributed by atoms with E-state index in [9.17, 15) is 0 Å². The molecule has 0 amide bonds. The van der Waals surface area contributed by atoms with Crippen molar-refractivity contribution >= 4 is 16.7 Å². The fourth-order valence-corrected chi connectivity index (χ4v) is 4.14. The maximum absolute atomic E-state index is 4.55. The van der Waals surface area contributed by atoms with E-state index in [1.807, 2.05) is 6.92 Å². The molecule has 3 rings (SSSR count). The molecular weight excluding hydrogens is 218 g/mol. The highest BCUT2D eigenvalue weighted by molar-refractivity contribution is 7.09. The lowest BCUT2D eigenvalue weighted by Gasteiger charge is -2.31. The summed E-state index contributed by atoms with van der Waals surface area (Å²) in [6.07, 6.45) is 5.59. The average Bonchev–Trinajstić information content (AvgIpc) is 2.84. The summed E-state index contributed by atoms with van der Waals surface area (Å²) in [7, 11) is 0. The summed E-state index contributed by atoms with van der Waals surface area (Å²) >= 11 is 1.57. The van der Waals surface area contributed by atoms with Gasteiger partial charge in [-0.25, -0.2) is 4.98 Å². The Labute approximate surface area is 101 Å². The predicted molar refractivity (Wildman–Crippen MR) is 66.9 cm³/mol. The Morgan fingerprint density at radius 2 is 2.12 bits per heavy atom. The summed E-state index contributed by atoms with van der Waals surface area (Å²) in [5.41, 5.74) is 0. The van der Waals surface area contributed by atoms with Crippen molar-refractivity contribution in [2.24, 2.45) is 11.8 Å². The Balaban J connectivity index is 1.86. The molecule has 3 atom stereocenters. The normalized spacial score (nSPS) is 34.1. The maximum Gasteiger partial charge on any atom is 0.205 e. The minimum absolute atomic E-state index is 0.746. The number of anilines is 1. The number of rotatable bonds is 1. The minimum Gasteiger partial charge on any atom is -0.343 e. The maximum atomic E-state index is 4.55. The van der Waals surface area contributed by atoms with Crippen LogP contribution in [0.2, 0.25) is 0 Å². The molecular formula is C12H19N3S. The molecule has 0 radical (unpaired) electrons. The second-order valence-corrected chi connectivity index (χ2v) is 6.00. The molecule has 2 fully saturated rings. The molecule has 3 nitrogen and oxygen atoms in total. The SMILES string of the molecule is Cc1nsc(N2CC(C)C3CCCCC32)n1. The van der Waals surface area contributed by atoms with Gasteiger partial charge in [-0.05, 0) is 31.6 Å². The van der Waals surface area contributed by atoms with E-state index in [4.69, 9.17) is 0 Å². The molecule has 1 saturated carbocycles. The summed E-state index contributed by atoms with van der Waals surface area (Å²) in [5, 5.41) is 1.15. The van der Waals surface area contributed by atoms with E-state index in [1.54, 1.807) is 11.5 Å². The molecule has 1 aromatic heterocycles. The first-order chi connectivity index (χ1) is 7.75. The average molecular weight is 237 g/mol. The van der Waals surface area contributed by atoms with Crippen LogP contribution < -0.4 is 4.90 Å². The van der Waals surface area contributed by atoms with E-state index in [0.717, 1.165) is 28.8 Å². The second kappa shape index (κ2) is 3.99. The Bertz CT molecular complexity index is 376. The third-order valence-electron chi connectivity index (χ3n) is 4.16. The Hall–Kier alpha value is -0.640. The van der Waals surface area contributed by atoms with E-state index in [1.165, 1.54) is 32.2 Å². The smallest absolute Gasteiger partial charge is 0.205 e. The van der Waals surface area contributed by atoms with Crippen molar-refractivity contribution in [3.05, 3.63) is 5.82 Å². The van der Waals surface area contributed by atoms with Crippen LogP contribution in [0, 0.1) is 18.8 Å². The summed E-state index contributed by atoms with van der Waals surface area (Å²) in [6, 6.07) is 0.746. The van der Waals surface area contributed by atoms with Crippen LogP contribution in [0.1, 0.15) is 38.4 Å². The van der Waals surface area contributed by atoms with Crippen molar-refractivity contribution in [3.8, 4) is 0 Å². The van der Waals surface area contributed by atoms with Crippen LogP contribution in [0.25, 0.3) is 0 Å². The monoisotopic (exact) mass is 237 g/mol. The fourth-order valence-electron chi connectivity index (χ4n) is 3.39. The zero-order valence-corrected chi connectivity index (χ0v) is 10.8. The third-order valence-corrected chi connectivity index (χ3v) is 5.00. The van der Waals surface area contributed by atoms with Crippen LogP contribution >= 0.6 is 11.5 Å². The zero-order valence-electron chi connectivity index (χ0n) is 10.0. The largest absolute Gasteiger partial charge is 0.343 e. The summed E-state index contributed by atoms with van der Waals surface area (Å²) in [6.45, 7) is 5.57. The van der Waals surface area contributed by atoms with Gasteiger partial charge < -0.3 is 4.90 Å². The van der Waals surface area contributed by atoms with Crippen molar-refractivity contribution < 1.29 is 0 Å². The molecule has 0 bridgehead atoms. The van der Waals surface area contributed by atoms with Gasteiger partial charge in [-0.1, -0.05) is 19.8 Å². The van der Waals surface area contributed by atoms with Gasteiger partial charge in [0.25, 0.3) is 0 Å². The molecule has 88 valence electrons. The van der Waals surface area contributed by atoms with E-state index < -0.39 is 0 Å². The van der Waals surface area contributed by atoms with Gasteiger partial charge in [-0.3, -0.25) is 0 Å². The lowest BCUT2D eigenvalue weighted by atomic mass is 9.80. The third kappa shape index (κ3) is 1.63. The van der Waals surface area contributed by atoms with Gasteiger partial charge in [0.1, 0.15) is 5.82 Å². The van der Waals surface area contributed by atoms with Crippen LogP contribution in [0.15, 0.2) is 0 Å². The standard InChI is InChI=1S/C12H19N3S/c1-8-7-15(12-13-9(2)14-16-12)11-6-4-3-5-10(8)11/h8,10-11H,3-7H2,1-2H3. The number of aryl methyl sites for hydroxylation is 1. The highest BCUT2D eigenvalue weighted by Gasteiger charge is 2.41. The molecule has 2 aliphatic rings. The molecule has 4 heteroatoms. The van der Waals surface area contributed by atoms with Gasteiger partial charge >= 0.3 is 0 Å². The Morgan fingerprint density at radius 1 is 1.31 bits per heavy atom. The molecule has 16 heavy (non-hydrogen) atoms. The first kappa shape index (κ1) is 10.5. The van der Waals surface area contributed by atoms with Gasteiger partial charge in [-0.2, -0.15) is 4.37 Å². The predicted octanol–water partition coefficient (Wildman–Crippen LogP) is 2.86. The number of aromatic nitrogens is 2. The van der Waals surface area contributed by atoms with Gasteiger partial charge in [-0.15, -0.1) is 0 Å². The van der Waals surface area contributed by atoms with Gasteiger partial charge in [0.05, 0.1) is 0 Å². The Kier molecular flexibility index (Phi) is 2.62. The van der Waals surface area contributed by atoms with Crippen molar-refractivity contribution in [3.63, 3.8) is 0 Å². The number of nitrogens with zero attached hydrogens (tertiary/aromatic N) is 3. The summed E-state index contributed by atoms with van der Waals surface area (Å²) in [5.74, 6) is 2.65. The van der Waals surface area contributed by atoms with E-state index in [0.29, 0.717) is 0 Å². The number of fused-ring (bicyclic) bond motifs is 1. The first-order valence-corrected chi connectivity index (χ1v) is 7.10. The highest BCUT2D eigenvalue weighted by Crippen LogP contribution is 2.42. The number of hydrogen-bond donors (Lipinski definition) is 0. The van der Waals surface area contributed by atoms with E-state index in [2.05, 4.69) is 21.2 Å². The van der Waals surface area contributed by atoms with Crippen LogP contribution in [-0.4, -0.2) is 21.9 Å². The molecule has 0 aromatic carbocycles. The van der Waals surface area contributed by atoms with Crippen LogP contribution in [0.5, 0.6) is 0 Å². The zero-order chi connectivity index (χ0) is 11.1. The molecule has 0 spiro atoms. The van der Waals surface area contributed by atoms with Crippen molar-refractivity contribution in [2.75, 3.05) is 11.4 Å². The highest BCUT2D eigenvalue weighted by atomic mass is 32.1. The topological polar surface area (TPSA) is 29.0 Å². The van der Waals surface area contributed by atoms with Crippen LogP contribution in [0.3, 0.4) is 0 Å². The lowest BCUT2D eigenvalue weighted by molar-refractivity contribution is 0.293. The molecule has 0 N–H and O–H groups in total. The lowest BCUT2D eigenvalue weighted by Crippen LogP contribution is -2.34. The van der Waals surface area contributed by atoms with Crippen LogP contribution in [-0.2, 0) is 0 Å². The van der Waals surface area contributed by atoms with Gasteiger partial charge in [0.15, 0.2) is 0 Å². The van der Waals surface area contributed by atoms with Crippen molar-refractivity contribution in [1.82, 2.24) is 9.36 Å². The molecule has 1 saturated heterocycles. The van der Waals surface area contributed by atoms with Crippen molar-refractivity contribution in [2.45, 2.75) is 45.6 Å². The van der Waals surface area contributed by atoms with Gasteiger partial charge in [0.2, 0.25) is 5.13 Å².